The number of aliphatic hydroxyl groups excluding tert-OH is 1. The Morgan fingerprint density at radius 1 is 0.696 bits per heavy atom. The maximum absolute atomic E-state index is 12.9. The van der Waals surface area contributed by atoms with Gasteiger partial charge in [0.25, 0.3) is 5.91 Å². The Hall–Kier alpha value is -4.59. The SMILES string of the molecule is C[C@H]1[C@@H](CN(Cc2ccccc2)Cc2ccccc2)O[C@@H](c2cccc(NC(=O)c3ccccc3)c2)O[C@H]1c1ccc(CO)cc1. The van der Waals surface area contributed by atoms with Gasteiger partial charge in [0, 0.05) is 42.4 Å². The number of nitrogens with one attached hydrogen (secondary N) is 1. The zero-order valence-corrected chi connectivity index (χ0v) is 26.0. The molecule has 0 saturated carbocycles. The van der Waals surface area contributed by atoms with Gasteiger partial charge in [-0.3, -0.25) is 9.69 Å². The summed E-state index contributed by atoms with van der Waals surface area (Å²) in [5.41, 5.74) is 6.48. The van der Waals surface area contributed by atoms with Crippen molar-refractivity contribution >= 4 is 11.6 Å². The van der Waals surface area contributed by atoms with Gasteiger partial charge in [0.15, 0.2) is 6.29 Å². The van der Waals surface area contributed by atoms with Gasteiger partial charge in [-0.15, -0.1) is 0 Å². The molecule has 1 fully saturated rings. The Morgan fingerprint density at radius 3 is 1.91 bits per heavy atom. The lowest BCUT2D eigenvalue weighted by Crippen LogP contribution is -2.44. The highest BCUT2D eigenvalue weighted by Crippen LogP contribution is 2.42. The zero-order valence-electron chi connectivity index (χ0n) is 26.0. The first-order valence-electron chi connectivity index (χ1n) is 15.8. The van der Waals surface area contributed by atoms with Crippen LogP contribution in [0.1, 0.15) is 57.5 Å². The zero-order chi connectivity index (χ0) is 31.7. The van der Waals surface area contributed by atoms with Crippen LogP contribution < -0.4 is 5.32 Å². The number of rotatable bonds is 11. The van der Waals surface area contributed by atoms with E-state index in [1.807, 2.05) is 78.9 Å². The highest BCUT2D eigenvalue weighted by Gasteiger charge is 2.39. The normalized spacial score (nSPS) is 19.5. The van der Waals surface area contributed by atoms with E-state index in [2.05, 4.69) is 65.7 Å². The quantitative estimate of drug-likeness (QED) is 0.159. The van der Waals surface area contributed by atoms with Crippen molar-refractivity contribution in [1.82, 2.24) is 4.90 Å². The van der Waals surface area contributed by atoms with Crippen LogP contribution in [0.25, 0.3) is 0 Å². The van der Waals surface area contributed by atoms with Crippen molar-refractivity contribution in [2.75, 3.05) is 11.9 Å². The van der Waals surface area contributed by atoms with Crippen LogP contribution >= 0.6 is 0 Å². The van der Waals surface area contributed by atoms with Gasteiger partial charge in [-0.25, -0.2) is 0 Å². The Morgan fingerprint density at radius 2 is 1.30 bits per heavy atom. The van der Waals surface area contributed by atoms with Gasteiger partial charge in [-0.05, 0) is 46.5 Å². The van der Waals surface area contributed by atoms with Crippen LogP contribution in [0.3, 0.4) is 0 Å². The number of anilines is 1. The molecule has 5 aromatic carbocycles. The average molecular weight is 613 g/mol. The van der Waals surface area contributed by atoms with E-state index >= 15 is 0 Å². The molecular weight excluding hydrogens is 572 g/mol. The maximum Gasteiger partial charge on any atom is 0.255 e. The van der Waals surface area contributed by atoms with Crippen molar-refractivity contribution in [3.63, 3.8) is 0 Å². The minimum atomic E-state index is -0.646. The third-order valence-electron chi connectivity index (χ3n) is 8.51. The molecule has 1 aliphatic heterocycles. The lowest BCUT2D eigenvalue weighted by atomic mass is 9.89. The number of ether oxygens (including phenoxy) is 2. The van der Waals surface area contributed by atoms with Crippen LogP contribution in [0.15, 0.2) is 140 Å². The van der Waals surface area contributed by atoms with E-state index in [0.717, 1.165) is 29.8 Å². The molecule has 0 aromatic heterocycles. The molecule has 0 bridgehead atoms. The number of aliphatic hydroxyl groups is 1. The first-order chi connectivity index (χ1) is 22.6. The number of carbonyl (C=O) groups excluding carboxylic acids is 1. The molecule has 6 nitrogen and oxygen atoms in total. The van der Waals surface area contributed by atoms with E-state index in [1.54, 1.807) is 12.1 Å². The van der Waals surface area contributed by atoms with Crippen molar-refractivity contribution in [1.29, 1.82) is 0 Å². The van der Waals surface area contributed by atoms with Gasteiger partial charge in [0.1, 0.15) is 0 Å². The summed E-state index contributed by atoms with van der Waals surface area (Å²) in [5, 5.41) is 12.7. The number of amides is 1. The second-order valence-corrected chi connectivity index (χ2v) is 11.9. The Labute approximate surface area is 271 Å². The third kappa shape index (κ3) is 7.97. The largest absolute Gasteiger partial charge is 0.392 e. The van der Waals surface area contributed by atoms with Crippen molar-refractivity contribution < 1.29 is 19.4 Å². The van der Waals surface area contributed by atoms with E-state index in [1.165, 1.54) is 11.1 Å². The van der Waals surface area contributed by atoms with Crippen molar-refractivity contribution in [2.24, 2.45) is 5.92 Å². The minimum absolute atomic E-state index is 0.00879. The van der Waals surface area contributed by atoms with Crippen LogP contribution in [-0.2, 0) is 29.2 Å². The molecular formula is C40H40N2O4. The molecule has 6 heteroatoms. The molecule has 1 heterocycles. The maximum atomic E-state index is 12.9. The van der Waals surface area contributed by atoms with E-state index in [4.69, 9.17) is 9.47 Å². The van der Waals surface area contributed by atoms with E-state index in [0.29, 0.717) is 17.8 Å². The van der Waals surface area contributed by atoms with E-state index < -0.39 is 6.29 Å². The molecule has 2 N–H and O–H groups in total. The molecule has 1 saturated heterocycles. The summed E-state index contributed by atoms with van der Waals surface area (Å²) in [6, 6.07) is 45.9. The number of benzene rings is 5. The fourth-order valence-electron chi connectivity index (χ4n) is 6.01. The molecule has 46 heavy (non-hydrogen) atoms. The summed E-state index contributed by atoms with van der Waals surface area (Å²) in [5.74, 6) is -0.139. The molecule has 234 valence electrons. The van der Waals surface area contributed by atoms with Gasteiger partial charge in [-0.2, -0.15) is 0 Å². The first-order valence-corrected chi connectivity index (χ1v) is 15.8. The monoisotopic (exact) mass is 612 g/mol. The predicted octanol–water partition coefficient (Wildman–Crippen LogP) is 7.93. The Balaban J connectivity index is 1.28. The summed E-state index contributed by atoms with van der Waals surface area (Å²) in [7, 11) is 0. The van der Waals surface area contributed by atoms with Crippen molar-refractivity contribution in [3.05, 3.63) is 173 Å². The standard InChI is InChI=1S/C40H40N2O4/c1-29-37(27-42(25-30-12-5-2-6-13-30)26-31-14-7-3-8-15-31)45-40(46-38(29)33-22-20-32(28-43)21-23-33)35-18-11-19-36(24-35)41-39(44)34-16-9-4-10-17-34/h2-24,29,37-38,40,43H,25-28H2,1H3,(H,41,44)/t29-,37+,38+,40+/m0/s1. The second kappa shape index (κ2) is 15.1. The summed E-state index contributed by atoms with van der Waals surface area (Å²) < 4.78 is 13.5. The summed E-state index contributed by atoms with van der Waals surface area (Å²) >= 11 is 0. The molecule has 6 rings (SSSR count). The van der Waals surface area contributed by atoms with Crippen LogP contribution in [-0.4, -0.2) is 28.6 Å². The highest BCUT2D eigenvalue weighted by atomic mass is 16.7. The van der Waals surface area contributed by atoms with Gasteiger partial charge >= 0.3 is 0 Å². The predicted molar refractivity (Wildman–Crippen MR) is 181 cm³/mol. The average Bonchev–Trinajstić information content (AvgIpc) is 3.10. The molecule has 0 spiro atoms. The van der Waals surface area contributed by atoms with Crippen LogP contribution in [0, 0.1) is 5.92 Å². The third-order valence-corrected chi connectivity index (χ3v) is 8.51. The van der Waals surface area contributed by atoms with E-state index in [9.17, 15) is 9.90 Å². The molecule has 0 unspecified atom stereocenters. The summed E-state index contributed by atoms with van der Waals surface area (Å²) in [4.78, 5) is 15.4. The van der Waals surface area contributed by atoms with Gasteiger partial charge in [0.05, 0.1) is 18.8 Å². The lowest BCUT2D eigenvalue weighted by Gasteiger charge is -2.43. The van der Waals surface area contributed by atoms with Crippen LogP contribution in [0.2, 0.25) is 0 Å². The molecule has 1 aliphatic rings. The van der Waals surface area contributed by atoms with Crippen molar-refractivity contribution in [3.8, 4) is 0 Å². The number of nitrogens with zero attached hydrogens (tertiary/aromatic N) is 1. The number of hydrogen-bond acceptors (Lipinski definition) is 5. The molecule has 0 aliphatic carbocycles. The number of hydrogen-bond donors (Lipinski definition) is 2. The fourth-order valence-corrected chi connectivity index (χ4v) is 6.01. The van der Waals surface area contributed by atoms with E-state index in [-0.39, 0.29) is 30.6 Å². The van der Waals surface area contributed by atoms with Crippen LogP contribution in [0.5, 0.6) is 0 Å². The highest BCUT2D eigenvalue weighted by molar-refractivity contribution is 6.04. The van der Waals surface area contributed by atoms with Gasteiger partial charge in [0.2, 0.25) is 0 Å². The molecule has 0 radical (unpaired) electrons. The fraction of sp³-hybridized carbons (Fsp3) is 0.225. The lowest BCUT2D eigenvalue weighted by molar-refractivity contribution is -0.276. The van der Waals surface area contributed by atoms with Crippen LogP contribution in [0.4, 0.5) is 5.69 Å². The number of carbonyl (C=O) groups is 1. The summed E-state index contributed by atoms with van der Waals surface area (Å²) in [6.07, 6.45) is -1.04. The summed E-state index contributed by atoms with van der Waals surface area (Å²) in [6.45, 7) is 4.44. The van der Waals surface area contributed by atoms with Gasteiger partial charge in [-0.1, -0.05) is 122 Å². The Kier molecular flexibility index (Phi) is 10.3. The van der Waals surface area contributed by atoms with Crippen molar-refractivity contribution in [2.45, 2.75) is 45.1 Å². The van der Waals surface area contributed by atoms with Gasteiger partial charge < -0.3 is 19.9 Å². The first kappa shape index (κ1) is 31.4. The Bertz CT molecular complexity index is 1640. The second-order valence-electron chi connectivity index (χ2n) is 11.9. The topological polar surface area (TPSA) is 71.0 Å². The smallest absolute Gasteiger partial charge is 0.255 e. The molecule has 1 amide bonds. The molecule has 4 atom stereocenters. The molecule has 5 aromatic rings. The minimum Gasteiger partial charge on any atom is -0.392 e.